The topological polar surface area (TPSA) is 75.1 Å². The number of hydrogen-bond donors (Lipinski definition) is 0. The number of benzene rings is 1. The van der Waals surface area contributed by atoms with Gasteiger partial charge in [0.25, 0.3) is 0 Å². The second kappa shape index (κ2) is 2.74. The van der Waals surface area contributed by atoms with Gasteiger partial charge in [0.15, 0.2) is 0 Å². The van der Waals surface area contributed by atoms with Gasteiger partial charge in [-0.1, -0.05) is 18.2 Å². The summed E-state index contributed by atoms with van der Waals surface area (Å²) in [5, 5.41) is 3.10. The van der Waals surface area contributed by atoms with E-state index < -0.39 is 5.91 Å². The lowest BCUT2D eigenvalue weighted by molar-refractivity contribution is -0.119. The first-order valence-electron chi connectivity index (χ1n) is 4.67. The standard InChI is InChI=1S/C10H7N3O2/c11-13-12-10(14)8-7-5-3-1-2-4-6(5)15-9(7)8/h1-4,7-9H. The van der Waals surface area contributed by atoms with Crippen molar-refractivity contribution in [3.05, 3.63) is 40.3 Å². The molecule has 1 heterocycles. The third-order valence-corrected chi connectivity index (χ3v) is 2.92. The molecule has 3 atom stereocenters. The van der Waals surface area contributed by atoms with Gasteiger partial charge < -0.3 is 4.74 Å². The number of amides is 1. The predicted octanol–water partition coefficient (Wildman–Crippen LogP) is 2.00. The maximum absolute atomic E-state index is 11.3. The van der Waals surface area contributed by atoms with Gasteiger partial charge in [-0.15, -0.1) is 0 Å². The average Bonchev–Trinajstić information content (AvgIpc) is 2.83. The summed E-state index contributed by atoms with van der Waals surface area (Å²) in [6.45, 7) is 0. The summed E-state index contributed by atoms with van der Waals surface area (Å²) in [4.78, 5) is 13.8. The van der Waals surface area contributed by atoms with Crippen LogP contribution < -0.4 is 4.74 Å². The summed E-state index contributed by atoms with van der Waals surface area (Å²) in [5.41, 5.74) is 9.22. The van der Waals surface area contributed by atoms with Crippen LogP contribution in [0.1, 0.15) is 11.5 Å². The Balaban J connectivity index is 1.90. The van der Waals surface area contributed by atoms with Gasteiger partial charge in [0.2, 0.25) is 5.91 Å². The van der Waals surface area contributed by atoms with Gasteiger partial charge in [-0.3, -0.25) is 4.79 Å². The first kappa shape index (κ1) is 8.32. The molecule has 0 spiro atoms. The Hall–Kier alpha value is -2.00. The third kappa shape index (κ3) is 1.04. The molecular formula is C10H7N3O2. The fourth-order valence-corrected chi connectivity index (χ4v) is 2.21. The molecule has 0 radical (unpaired) electrons. The molecule has 2 aliphatic rings. The Kier molecular flexibility index (Phi) is 1.52. The SMILES string of the molecule is [N-]=[N+]=NC(=O)C1C2Oc3ccccc3C21. The number of carbonyl (C=O) groups excluding carboxylic acids is 1. The first-order chi connectivity index (χ1) is 7.33. The number of hydrogen-bond acceptors (Lipinski definition) is 2. The van der Waals surface area contributed by atoms with Crippen LogP contribution in [0.2, 0.25) is 0 Å². The second-order valence-corrected chi connectivity index (χ2v) is 3.70. The van der Waals surface area contributed by atoms with E-state index in [9.17, 15) is 4.79 Å². The van der Waals surface area contributed by atoms with Crippen LogP contribution in [0, 0.1) is 5.92 Å². The van der Waals surface area contributed by atoms with Crippen LogP contribution in [0.5, 0.6) is 5.75 Å². The Morgan fingerprint density at radius 3 is 3.07 bits per heavy atom. The van der Waals surface area contributed by atoms with E-state index in [0.717, 1.165) is 11.3 Å². The summed E-state index contributed by atoms with van der Waals surface area (Å²) in [5.74, 6) is 0.259. The number of rotatable bonds is 1. The van der Waals surface area contributed by atoms with Gasteiger partial charge in [-0.2, -0.15) is 0 Å². The maximum atomic E-state index is 11.3. The number of azide groups is 1. The van der Waals surface area contributed by atoms with E-state index in [4.69, 9.17) is 10.3 Å². The Morgan fingerprint density at radius 1 is 1.47 bits per heavy atom. The normalized spacial score (nSPS) is 29.5. The van der Waals surface area contributed by atoms with E-state index in [1.165, 1.54) is 0 Å². The maximum Gasteiger partial charge on any atom is 0.226 e. The van der Waals surface area contributed by atoms with Crippen molar-refractivity contribution in [3.8, 4) is 5.75 Å². The highest BCUT2D eigenvalue weighted by Gasteiger charge is 2.61. The summed E-state index contributed by atoms with van der Waals surface area (Å²) >= 11 is 0. The van der Waals surface area contributed by atoms with Crippen LogP contribution in [-0.4, -0.2) is 12.0 Å². The number of fused-ring (bicyclic) bond motifs is 3. The Labute approximate surface area is 85.3 Å². The minimum absolute atomic E-state index is 0.0965. The van der Waals surface area contributed by atoms with Crippen LogP contribution in [0.4, 0.5) is 0 Å². The zero-order chi connectivity index (χ0) is 10.4. The summed E-state index contributed by atoms with van der Waals surface area (Å²) in [6.07, 6.45) is -0.111. The van der Waals surface area contributed by atoms with E-state index in [-0.39, 0.29) is 17.9 Å². The highest BCUT2D eigenvalue weighted by atomic mass is 16.5. The van der Waals surface area contributed by atoms with E-state index in [0.29, 0.717) is 0 Å². The Bertz CT molecular complexity index is 493. The highest BCUT2D eigenvalue weighted by molar-refractivity contribution is 5.86. The molecule has 0 bridgehead atoms. The van der Waals surface area contributed by atoms with E-state index >= 15 is 0 Å². The molecule has 5 heteroatoms. The number of ether oxygens (including phenoxy) is 1. The van der Waals surface area contributed by atoms with Crippen molar-refractivity contribution in [2.24, 2.45) is 11.0 Å². The van der Waals surface area contributed by atoms with Gasteiger partial charge in [0, 0.05) is 16.4 Å². The van der Waals surface area contributed by atoms with Crippen LogP contribution in [0.3, 0.4) is 0 Å². The fraction of sp³-hybridized carbons (Fsp3) is 0.300. The predicted molar refractivity (Wildman–Crippen MR) is 51.2 cm³/mol. The molecule has 15 heavy (non-hydrogen) atoms. The minimum atomic E-state index is -0.415. The number of carbonyl (C=O) groups is 1. The molecule has 3 rings (SSSR count). The molecule has 1 aromatic carbocycles. The van der Waals surface area contributed by atoms with Crippen LogP contribution in [0.15, 0.2) is 29.4 Å². The van der Waals surface area contributed by atoms with Gasteiger partial charge in [0.05, 0.1) is 5.92 Å². The van der Waals surface area contributed by atoms with Crippen molar-refractivity contribution in [2.45, 2.75) is 12.0 Å². The molecule has 5 nitrogen and oxygen atoms in total. The summed E-state index contributed by atoms with van der Waals surface area (Å²) < 4.78 is 5.56. The van der Waals surface area contributed by atoms with E-state index in [2.05, 4.69) is 10.0 Å². The zero-order valence-corrected chi connectivity index (χ0v) is 7.70. The Morgan fingerprint density at radius 2 is 2.27 bits per heavy atom. The molecule has 1 aliphatic carbocycles. The van der Waals surface area contributed by atoms with Gasteiger partial charge in [0.1, 0.15) is 11.9 Å². The number of para-hydroxylation sites is 1. The minimum Gasteiger partial charge on any atom is -0.489 e. The molecular weight excluding hydrogens is 194 g/mol. The molecule has 74 valence electrons. The monoisotopic (exact) mass is 201 g/mol. The molecule has 0 saturated heterocycles. The van der Waals surface area contributed by atoms with E-state index in [1.54, 1.807) is 0 Å². The molecule has 0 aromatic heterocycles. The largest absolute Gasteiger partial charge is 0.489 e. The molecule has 1 saturated carbocycles. The van der Waals surface area contributed by atoms with Crippen molar-refractivity contribution < 1.29 is 9.53 Å². The summed E-state index contributed by atoms with van der Waals surface area (Å²) in [7, 11) is 0. The van der Waals surface area contributed by atoms with Crippen molar-refractivity contribution in [1.82, 2.24) is 0 Å². The first-order valence-corrected chi connectivity index (χ1v) is 4.67. The molecule has 1 aliphatic heterocycles. The smallest absolute Gasteiger partial charge is 0.226 e. The van der Waals surface area contributed by atoms with Gasteiger partial charge in [-0.05, 0) is 16.7 Å². The lowest BCUT2D eigenvalue weighted by Crippen LogP contribution is -2.06. The van der Waals surface area contributed by atoms with Gasteiger partial charge >= 0.3 is 0 Å². The second-order valence-electron chi connectivity index (χ2n) is 3.70. The van der Waals surface area contributed by atoms with Crippen LogP contribution in [0.25, 0.3) is 10.4 Å². The van der Waals surface area contributed by atoms with Crippen molar-refractivity contribution in [3.63, 3.8) is 0 Å². The molecule has 1 amide bonds. The third-order valence-electron chi connectivity index (χ3n) is 2.92. The molecule has 0 N–H and O–H groups in total. The molecule has 3 unspecified atom stereocenters. The fourth-order valence-electron chi connectivity index (χ4n) is 2.21. The molecule has 1 fully saturated rings. The lowest BCUT2D eigenvalue weighted by atomic mass is 10.1. The summed E-state index contributed by atoms with van der Waals surface area (Å²) in [6, 6.07) is 7.64. The highest BCUT2D eigenvalue weighted by Crippen LogP contribution is 2.58. The van der Waals surface area contributed by atoms with Crippen molar-refractivity contribution in [1.29, 1.82) is 0 Å². The van der Waals surface area contributed by atoms with E-state index in [1.807, 2.05) is 24.3 Å². The van der Waals surface area contributed by atoms with Crippen LogP contribution >= 0.6 is 0 Å². The van der Waals surface area contributed by atoms with Gasteiger partial charge in [-0.25, -0.2) is 0 Å². The molecule has 1 aromatic rings. The average molecular weight is 201 g/mol. The number of nitrogens with zero attached hydrogens (tertiary/aromatic N) is 3. The zero-order valence-electron chi connectivity index (χ0n) is 7.70. The van der Waals surface area contributed by atoms with Crippen molar-refractivity contribution in [2.75, 3.05) is 0 Å². The van der Waals surface area contributed by atoms with Crippen molar-refractivity contribution >= 4 is 5.91 Å². The lowest BCUT2D eigenvalue weighted by Gasteiger charge is -2.04. The quantitative estimate of drug-likeness (QED) is 0.396. The van der Waals surface area contributed by atoms with Crippen LogP contribution in [-0.2, 0) is 4.79 Å².